The van der Waals surface area contributed by atoms with Crippen molar-refractivity contribution in [2.45, 2.75) is 0 Å². The van der Waals surface area contributed by atoms with Gasteiger partial charge in [0.1, 0.15) is 23.0 Å². The van der Waals surface area contributed by atoms with Crippen LogP contribution in [0, 0.1) is 20.2 Å². The monoisotopic (exact) mass is 532 g/mol. The van der Waals surface area contributed by atoms with Crippen molar-refractivity contribution in [1.29, 1.82) is 0 Å². The first-order valence-electron chi connectivity index (χ1n) is 12.0. The lowest BCUT2D eigenvalue weighted by Gasteiger charge is -2.06. The van der Waals surface area contributed by atoms with Crippen molar-refractivity contribution in [2.24, 2.45) is 0 Å². The molecule has 0 bridgehead atoms. The largest absolute Gasteiger partial charge is 0.457 e. The molecule has 196 valence electrons. The number of nitro groups is 2. The predicted molar refractivity (Wildman–Crippen MR) is 148 cm³/mol. The Labute approximate surface area is 227 Å². The smallest absolute Gasteiger partial charge is 0.269 e. The number of hydrogen-bond donors (Lipinski definition) is 0. The molecule has 40 heavy (non-hydrogen) atoms. The number of benzene rings is 4. The summed E-state index contributed by atoms with van der Waals surface area (Å²) in [6.45, 7) is 0. The average Bonchev–Trinajstić information content (AvgIpc) is 2.97. The van der Waals surface area contributed by atoms with Crippen LogP contribution in [-0.2, 0) is 0 Å². The summed E-state index contributed by atoms with van der Waals surface area (Å²) in [6, 6.07) is 26.5. The van der Waals surface area contributed by atoms with E-state index in [-0.39, 0.29) is 11.4 Å². The van der Waals surface area contributed by atoms with E-state index < -0.39 is 9.85 Å². The van der Waals surface area contributed by atoms with Crippen molar-refractivity contribution in [3.05, 3.63) is 152 Å². The van der Waals surface area contributed by atoms with E-state index in [1.807, 2.05) is 36.4 Å². The molecular formula is C30H20N4O6. The van der Waals surface area contributed by atoms with Crippen molar-refractivity contribution in [3.63, 3.8) is 0 Å². The van der Waals surface area contributed by atoms with Gasteiger partial charge in [0.05, 0.1) is 20.5 Å². The highest BCUT2D eigenvalue weighted by atomic mass is 16.6. The zero-order chi connectivity index (χ0) is 27.9. The van der Waals surface area contributed by atoms with Crippen molar-refractivity contribution in [1.82, 2.24) is 9.97 Å². The highest BCUT2D eigenvalue weighted by Gasteiger charge is 2.06. The first kappa shape index (κ1) is 25.7. The van der Waals surface area contributed by atoms with Crippen LogP contribution in [0.5, 0.6) is 23.0 Å². The molecule has 0 aliphatic rings. The van der Waals surface area contributed by atoms with E-state index in [1.165, 1.54) is 24.3 Å². The second-order valence-corrected chi connectivity index (χ2v) is 8.46. The van der Waals surface area contributed by atoms with Crippen molar-refractivity contribution in [3.8, 4) is 23.0 Å². The van der Waals surface area contributed by atoms with Gasteiger partial charge in [-0.1, -0.05) is 24.3 Å². The molecule has 4 aromatic carbocycles. The Morgan fingerprint density at radius 3 is 1.10 bits per heavy atom. The summed E-state index contributed by atoms with van der Waals surface area (Å²) in [5, 5.41) is 23.0. The van der Waals surface area contributed by atoms with Gasteiger partial charge in [-0.05, 0) is 71.8 Å². The molecule has 5 aromatic rings. The van der Waals surface area contributed by atoms with Gasteiger partial charge >= 0.3 is 0 Å². The van der Waals surface area contributed by atoms with Crippen LogP contribution < -0.4 is 20.2 Å². The minimum Gasteiger partial charge on any atom is -0.457 e. The molecule has 0 fully saturated rings. The van der Waals surface area contributed by atoms with Gasteiger partial charge < -0.3 is 9.47 Å². The highest BCUT2D eigenvalue weighted by molar-refractivity contribution is 5.54. The third-order valence-electron chi connectivity index (χ3n) is 5.69. The zero-order valence-electron chi connectivity index (χ0n) is 20.8. The number of nitro benzene ring substituents is 2. The molecule has 1 heterocycles. The van der Waals surface area contributed by atoms with Crippen LogP contribution >= 0.6 is 0 Å². The van der Waals surface area contributed by atoms with Gasteiger partial charge in [-0.3, -0.25) is 30.2 Å². The van der Waals surface area contributed by atoms with Gasteiger partial charge in [0.25, 0.3) is 11.4 Å². The zero-order valence-corrected chi connectivity index (χ0v) is 20.8. The first-order chi connectivity index (χ1) is 19.4. The van der Waals surface area contributed by atoms with E-state index in [4.69, 9.17) is 9.47 Å². The summed E-state index contributed by atoms with van der Waals surface area (Å²) in [5.74, 6) is 2.18. The quantitative estimate of drug-likeness (QED) is 0.188. The fraction of sp³-hybridized carbons (Fsp3) is 0. The fourth-order valence-electron chi connectivity index (χ4n) is 3.71. The van der Waals surface area contributed by atoms with Gasteiger partial charge in [-0.25, -0.2) is 0 Å². The molecule has 0 atom stereocenters. The number of ether oxygens (including phenoxy) is 2. The van der Waals surface area contributed by atoms with Crippen LogP contribution in [0.4, 0.5) is 11.4 Å². The SMILES string of the molecule is O=[N+]([O-])c1ccc(Oc2ccc(C=c3nccnc3=Cc3ccc(Oc4ccc([N+](=O)[O-])cc4)cc3)cc2)cc1. The third kappa shape index (κ3) is 6.50. The van der Waals surface area contributed by atoms with E-state index in [9.17, 15) is 20.2 Å². The van der Waals surface area contributed by atoms with Crippen LogP contribution in [0.2, 0.25) is 0 Å². The molecule has 0 spiro atoms. The number of hydrogen-bond acceptors (Lipinski definition) is 8. The Hall–Kier alpha value is -5.90. The number of non-ortho nitro benzene ring substituents is 2. The van der Waals surface area contributed by atoms with E-state index in [2.05, 4.69) is 9.97 Å². The Bertz CT molecular complexity index is 1640. The summed E-state index contributed by atoms with van der Waals surface area (Å²) in [5.41, 5.74) is 1.77. The lowest BCUT2D eigenvalue weighted by molar-refractivity contribution is -0.385. The summed E-state index contributed by atoms with van der Waals surface area (Å²) in [7, 11) is 0. The lowest BCUT2D eigenvalue weighted by Crippen LogP contribution is -2.30. The van der Waals surface area contributed by atoms with Crippen LogP contribution in [0.1, 0.15) is 11.1 Å². The third-order valence-corrected chi connectivity index (χ3v) is 5.69. The maximum atomic E-state index is 10.8. The minimum absolute atomic E-state index is 0.000372. The van der Waals surface area contributed by atoms with Crippen molar-refractivity contribution >= 4 is 23.5 Å². The number of rotatable bonds is 8. The fourth-order valence-corrected chi connectivity index (χ4v) is 3.71. The molecule has 0 saturated heterocycles. The molecule has 0 unspecified atom stereocenters. The van der Waals surface area contributed by atoms with Crippen LogP contribution in [0.25, 0.3) is 12.2 Å². The average molecular weight is 533 g/mol. The Morgan fingerprint density at radius 2 is 0.800 bits per heavy atom. The molecule has 0 amide bonds. The van der Waals surface area contributed by atoms with E-state index in [0.29, 0.717) is 33.7 Å². The molecule has 10 heteroatoms. The highest BCUT2D eigenvalue weighted by Crippen LogP contribution is 2.25. The van der Waals surface area contributed by atoms with Crippen LogP contribution in [0.3, 0.4) is 0 Å². The predicted octanol–water partition coefficient (Wildman–Crippen LogP) is 5.54. The normalized spacial score (nSPS) is 11.7. The summed E-state index contributed by atoms with van der Waals surface area (Å²) in [6.07, 6.45) is 7.05. The summed E-state index contributed by atoms with van der Waals surface area (Å²) < 4.78 is 11.5. The Morgan fingerprint density at radius 1 is 0.500 bits per heavy atom. The standard InChI is InChI=1S/C30H20N4O6/c35-33(36)23-5-13-27(14-6-23)39-25-9-1-21(2-10-25)19-29-30(32-18-17-31-29)20-22-3-11-26(12-4-22)40-28-15-7-24(8-16-28)34(37)38/h1-20H. The van der Waals surface area contributed by atoms with Gasteiger partial charge in [-0.2, -0.15) is 0 Å². The number of aromatic nitrogens is 2. The van der Waals surface area contributed by atoms with Crippen molar-refractivity contribution in [2.75, 3.05) is 0 Å². The van der Waals surface area contributed by atoms with Gasteiger partial charge in [0.15, 0.2) is 0 Å². The maximum absolute atomic E-state index is 10.8. The molecule has 1 aromatic heterocycles. The molecule has 0 aliphatic heterocycles. The van der Waals surface area contributed by atoms with Crippen LogP contribution in [0.15, 0.2) is 109 Å². The summed E-state index contributed by atoms with van der Waals surface area (Å²) in [4.78, 5) is 29.6. The van der Waals surface area contributed by atoms with Gasteiger partial charge in [0, 0.05) is 36.7 Å². The Balaban J connectivity index is 1.31. The Kier molecular flexibility index (Phi) is 7.50. The molecular weight excluding hydrogens is 512 g/mol. The van der Waals surface area contributed by atoms with E-state index in [1.54, 1.807) is 60.9 Å². The maximum Gasteiger partial charge on any atom is 0.269 e. The van der Waals surface area contributed by atoms with E-state index in [0.717, 1.165) is 11.1 Å². The second kappa shape index (κ2) is 11.7. The second-order valence-electron chi connectivity index (χ2n) is 8.46. The molecule has 0 aliphatic carbocycles. The molecule has 0 radical (unpaired) electrons. The van der Waals surface area contributed by atoms with E-state index >= 15 is 0 Å². The summed E-state index contributed by atoms with van der Waals surface area (Å²) >= 11 is 0. The van der Waals surface area contributed by atoms with Gasteiger partial charge in [-0.15, -0.1) is 0 Å². The number of nitrogens with zero attached hydrogens (tertiary/aromatic N) is 4. The molecule has 0 N–H and O–H groups in total. The molecule has 0 saturated carbocycles. The minimum atomic E-state index is -0.458. The first-order valence-corrected chi connectivity index (χ1v) is 12.0. The topological polar surface area (TPSA) is 131 Å². The van der Waals surface area contributed by atoms with Crippen molar-refractivity contribution < 1.29 is 19.3 Å². The van der Waals surface area contributed by atoms with Gasteiger partial charge in [0.2, 0.25) is 0 Å². The molecule has 5 rings (SSSR count). The molecule has 10 nitrogen and oxygen atoms in total. The van der Waals surface area contributed by atoms with Crippen LogP contribution in [-0.4, -0.2) is 19.8 Å². The lowest BCUT2D eigenvalue weighted by atomic mass is 10.1.